The van der Waals surface area contributed by atoms with Crippen LogP contribution in [-0.2, 0) is 4.79 Å². The van der Waals surface area contributed by atoms with E-state index in [0.717, 1.165) is 25.7 Å². The second-order valence-corrected chi connectivity index (χ2v) is 4.37. The molecule has 0 saturated heterocycles. The predicted octanol–water partition coefficient (Wildman–Crippen LogP) is 1.26. The summed E-state index contributed by atoms with van der Waals surface area (Å²) in [4.78, 5) is 12.0. The Morgan fingerprint density at radius 2 is 2.25 bits per heavy atom. The third-order valence-electron chi connectivity index (χ3n) is 3.16. The third-order valence-corrected chi connectivity index (χ3v) is 3.16. The third kappa shape index (κ3) is 2.61. The molecular formula is C11H18N4O. The summed E-state index contributed by atoms with van der Waals surface area (Å²) in [6, 6.07) is 1.73. The van der Waals surface area contributed by atoms with Crippen molar-refractivity contribution in [2.45, 2.75) is 38.1 Å². The Kier molecular flexibility index (Phi) is 3.56. The topological polar surface area (TPSA) is 83.8 Å². The van der Waals surface area contributed by atoms with Crippen molar-refractivity contribution in [3.8, 4) is 0 Å². The van der Waals surface area contributed by atoms with Crippen molar-refractivity contribution in [3.63, 3.8) is 0 Å². The van der Waals surface area contributed by atoms with E-state index in [1.807, 2.05) is 0 Å². The van der Waals surface area contributed by atoms with Gasteiger partial charge in [0.1, 0.15) is 5.82 Å². The molecule has 2 rings (SSSR count). The molecule has 1 aliphatic rings. The highest BCUT2D eigenvalue weighted by atomic mass is 16.2. The average molecular weight is 222 g/mol. The molecule has 1 aromatic heterocycles. The highest BCUT2D eigenvalue weighted by Gasteiger charge is 2.27. The maximum absolute atomic E-state index is 12.0. The van der Waals surface area contributed by atoms with Crippen LogP contribution in [0.4, 0.5) is 5.82 Å². The summed E-state index contributed by atoms with van der Waals surface area (Å²) in [7, 11) is 0. The molecule has 5 nitrogen and oxygen atoms in total. The first kappa shape index (κ1) is 11.1. The largest absolute Gasteiger partial charge is 0.327 e. The fourth-order valence-corrected chi connectivity index (χ4v) is 2.21. The molecule has 88 valence electrons. The molecule has 0 bridgehead atoms. The Morgan fingerprint density at radius 1 is 1.44 bits per heavy atom. The SMILES string of the molecule is NC1CCCCCC1C(=O)Nc1ccn[nH]1. The fraction of sp³-hybridized carbons (Fsp3) is 0.636. The summed E-state index contributed by atoms with van der Waals surface area (Å²) < 4.78 is 0. The van der Waals surface area contributed by atoms with Crippen molar-refractivity contribution < 1.29 is 4.79 Å². The molecule has 0 spiro atoms. The number of hydrogen-bond acceptors (Lipinski definition) is 3. The monoisotopic (exact) mass is 222 g/mol. The number of nitrogens with zero attached hydrogens (tertiary/aromatic N) is 1. The van der Waals surface area contributed by atoms with Crippen molar-refractivity contribution in [3.05, 3.63) is 12.3 Å². The molecule has 1 saturated carbocycles. The smallest absolute Gasteiger partial charge is 0.230 e. The summed E-state index contributed by atoms with van der Waals surface area (Å²) in [5.41, 5.74) is 6.02. The van der Waals surface area contributed by atoms with Gasteiger partial charge >= 0.3 is 0 Å². The number of aromatic nitrogens is 2. The number of rotatable bonds is 2. The molecular weight excluding hydrogens is 204 g/mol. The van der Waals surface area contributed by atoms with Crippen molar-refractivity contribution in [2.75, 3.05) is 5.32 Å². The number of H-pyrrole nitrogens is 1. The van der Waals surface area contributed by atoms with Gasteiger partial charge in [-0.15, -0.1) is 0 Å². The molecule has 4 N–H and O–H groups in total. The summed E-state index contributed by atoms with van der Waals surface area (Å²) in [6.07, 6.45) is 6.86. The maximum atomic E-state index is 12.0. The van der Waals surface area contributed by atoms with Gasteiger partial charge in [0.25, 0.3) is 0 Å². The molecule has 1 aliphatic carbocycles. The highest BCUT2D eigenvalue weighted by Crippen LogP contribution is 2.23. The van der Waals surface area contributed by atoms with Gasteiger partial charge in [0.2, 0.25) is 5.91 Å². The lowest BCUT2D eigenvalue weighted by Crippen LogP contribution is -2.37. The number of anilines is 1. The van der Waals surface area contributed by atoms with E-state index in [1.165, 1.54) is 6.42 Å². The van der Waals surface area contributed by atoms with Gasteiger partial charge in [0, 0.05) is 12.1 Å². The number of hydrogen-bond donors (Lipinski definition) is 3. The first-order valence-electron chi connectivity index (χ1n) is 5.83. The molecule has 16 heavy (non-hydrogen) atoms. The van der Waals surface area contributed by atoms with Crippen LogP contribution >= 0.6 is 0 Å². The minimum atomic E-state index is -0.0641. The van der Waals surface area contributed by atoms with Crippen LogP contribution in [0, 0.1) is 5.92 Å². The zero-order valence-corrected chi connectivity index (χ0v) is 9.28. The van der Waals surface area contributed by atoms with Gasteiger partial charge in [-0.05, 0) is 12.8 Å². The van der Waals surface area contributed by atoms with E-state index in [1.54, 1.807) is 12.3 Å². The Labute approximate surface area is 94.8 Å². The average Bonchev–Trinajstić information content (AvgIpc) is 2.66. The van der Waals surface area contributed by atoms with E-state index < -0.39 is 0 Å². The molecule has 1 heterocycles. The van der Waals surface area contributed by atoms with E-state index in [4.69, 9.17) is 5.73 Å². The fourth-order valence-electron chi connectivity index (χ4n) is 2.21. The molecule has 1 fully saturated rings. The lowest BCUT2D eigenvalue weighted by molar-refractivity contribution is -0.120. The molecule has 0 radical (unpaired) electrons. The van der Waals surface area contributed by atoms with Gasteiger partial charge in [-0.3, -0.25) is 9.89 Å². The van der Waals surface area contributed by atoms with Crippen LogP contribution in [0.25, 0.3) is 0 Å². The van der Waals surface area contributed by atoms with Gasteiger partial charge in [-0.2, -0.15) is 5.10 Å². The van der Waals surface area contributed by atoms with E-state index in [-0.39, 0.29) is 17.9 Å². The van der Waals surface area contributed by atoms with Crippen LogP contribution in [0.2, 0.25) is 0 Å². The van der Waals surface area contributed by atoms with Crippen LogP contribution in [-0.4, -0.2) is 22.1 Å². The highest BCUT2D eigenvalue weighted by molar-refractivity contribution is 5.92. The summed E-state index contributed by atoms with van der Waals surface area (Å²) in [5.74, 6) is 0.589. The van der Waals surface area contributed by atoms with Crippen LogP contribution in [0.1, 0.15) is 32.1 Å². The normalized spacial score (nSPS) is 26.1. The molecule has 2 atom stereocenters. The van der Waals surface area contributed by atoms with Crippen molar-refractivity contribution in [1.82, 2.24) is 10.2 Å². The van der Waals surface area contributed by atoms with Gasteiger partial charge in [0.15, 0.2) is 0 Å². The van der Waals surface area contributed by atoms with Crippen LogP contribution in [0.3, 0.4) is 0 Å². The van der Waals surface area contributed by atoms with Crippen molar-refractivity contribution in [1.29, 1.82) is 0 Å². The van der Waals surface area contributed by atoms with Crippen LogP contribution in [0.5, 0.6) is 0 Å². The summed E-state index contributed by atoms with van der Waals surface area (Å²) in [5, 5.41) is 9.31. The standard InChI is InChI=1S/C11H18N4O/c12-9-5-3-1-2-4-8(9)11(16)14-10-6-7-13-15-10/h6-9H,1-5,12H2,(H2,13,14,15,16). The van der Waals surface area contributed by atoms with Gasteiger partial charge < -0.3 is 11.1 Å². The Morgan fingerprint density at radius 3 is 3.00 bits per heavy atom. The summed E-state index contributed by atoms with van der Waals surface area (Å²) in [6.45, 7) is 0. The molecule has 0 aromatic carbocycles. The summed E-state index contributed by atoms with van der Waals surface area (Å²) >= 11 is 0. The molecule has 0 aliphatic heterocycles. The molecule has 2 unspecified atom stereocenters. The number of carbonyl (C=O) groups is 1. The van der Waals surface area contributed by atoms with Gasteiger partial charge in [-0.1, -0.05) is 19.3 Å². The quantitative estimate of drug-likeness (QED) is 0.658. The number of nitrogens with two attached hydrogens (primary N) is 1. The number of amides is 1. The first-order valence-corrected chi connectivity index (χ1v) is 5.83. The van der Waals surface area contributed by atoms with E-state index >= 15 is 0 Å². The second kappa shape index (κ2) is 5.12. The predicted molar refractivity (Wildman–Crippen MR) is 61.8 cm³/mol. The molecule has 1 amide bonds. The maximum Gasteiger partial charge on any atom is 0.230 e. The van der Waals surface area contributed by atoms with Crippen molar-refractivity contribution in [2.24, 2.45) is 11.7 Å². The Bertz CT molecular complexity index is 336. The first-order chi connectivity index (χ1) is 7.77. The van der Waals surface area contributed by atoms with Crippen LogP contribution < -0.4 is 11.1 Å². The van der Waals surface area contributed by atoms with Gasteiger partial charge in [0.05, 0.1) is 12.1 Å². The lowest BCUT2D eigenvalue weighted by atomic mass is 9.95. The zero-order chi connectivity index (χ0) is 11.4. The second-order valence-electron chi connectivity index (χ2n) is 4.37. The number of nitrogens with one attached hydrogen (secondary N) is 2. The van der Waals surface area contributed by atoms with E-state index in [9.17, 15) is 4.79 Å². The number of aromatic amines is 1. The number of carbonyl (C=O) groups excluding carboxylic acids is 1. The van der Waals surface area contributed by atoms with Crippen molar-refractivity contribution >= 4 is 11.7 Å². The minimum absolute atomic E-state index is 0.00887. The Hall–Kier alpha value is -1.36. The van der Waals surface area contributed by atoms with E-state index in [0.29, 0.717) is 5.82 Å². The van der Waals surface area contributed by atoms with Gasteiger partial charge in [-0.25, -0.2) is 0 Å². The zero-order valence-electron chi connectivity index (χ0n) is 9.28. The minimum Gasteiger partial charge on any atom is -0.327 e. The molecule has 1 aromatic rings. The van der Waals surface area contributed by atoms with Crippen LogP contribution in [0.15, 0.2) is 12.3 Å². The Balaban J connectivity index is 1.97. The lowest BCUT2D eigenvalue weighted by Gasteiger charge is -2.19. The van der Waals surface area contributed by atoms with E-state index in [2.05, 4.69) is 15.5 Å². The molecule has 5 heteroatoms.